The molecule has 2 rings (SSSR count). The van der Waals surface area contributed by atoms with E-state index in [-0.39, 0.29) is 0 Å². The van der Waals surface area contributed by atoms with Gasteiger partial charge in [0, 0.05) is 15.5 Å². The lowest BCUT2D eigenvalue weighted by atomic mass is 9.98. The van der Waals surface area contributed by atoms with Crippen molar-refractivity contribution in [2.45, 2.75) is 26.2 Å². The third-order valence-corrected chi connectivity index (χ3v) is 4.69. The van der Waals surface area contributed by atoms with Crippen molar-refractivity contribution in [1.29, 1.82) is 0 Å². The zero-order chi connectivity index (χ0) is 14.5. The normalized spacial score (nSPS) is 12.2. The Kier molecular flexibility index (Phi) is 5.67. The molecule has 0 saturated heterocycles. The lowest BCUT2D eigenvalue weighted by Gasteiger charge is -2.15. The number of halogens is 2. The van der Waals surface area contributed by atoms with Crippen molar-refractivity contribution < 1.29 is 0 Å². The highest BCUT2D eigenvalue weighted by atomic mass is 79.9. The molecule has 20 heavy (non-hydrogen) atoms. The van der Waals surface area contributed by atoms with Crippen molar-refractivity contribution in [2.75, 3.05) is 11.9 Å². The van der Waals surface area contributed by atoms with E-state index in [0.717, 1.165) is 27.6 Å². The lowest BCUT2D eigenvalue weighted by molar-refractivity contribution is 0.706. The van der Waals surface area contributed by atoms with Gasteiger partial charge in [0.25, 0.3) is 0 Å². The van der Waals surface area contributed by atoms with Gasteiger partial charge in [0.1, 0.15) is 0 Å². The van der Waals surface area contributed by atoms with E-state index in [1.165, 1.54) is 11.1 Å². The number of rotatable bonds is 5. The maximum absolute atomic E-state index is 3.62. The van der Waals surface area contributed by atoms with Gasteiger partial charge in [-0.15, -0.1) is 0 Å². The minimum Gasteiger partial charge on any atom is -0.383 e. The molecule has 1 nitrogen and oxygen atoms in total. The summed E-state index contributed by atoms with van der Waals surface area (Å²) in [4.78, 5) is 0. The smallest absolute Gasteiger partial charge is 0.0629 e. The van der Waals surface area contributed by atoms with Crippen LogP contribution in [0.3, 0.4) is 0 Å². The van der Waals surface area contributed by atoms with E-state index in [9.17, 15) is 0 Å². The zero-order valence-corrected chi connectivity index (χ0v) is 15.0. The van der Waals surface area contributed by atoms with Crippen molar-refractivity contribution in [2.24, 2.45) is 0 Å². The average molecular weight is 397 g/mol. The summed E-state index contributed by atoms with van der Waals surface area (Å²) in [6, 6.07) is 14.9. The molecule has 0 heterocycles. The second-order valence-corrected chi connectivity index (χ2v) is 6.84. The molecular weight excluding hydrogens is 378 g/mol. The van der Waals surface area contributed by atoms with Gasteiger partial charge in [0.2, 0.25) is 0 Å². The van der Waals surface area contributed by atoms with Gasteiger partial charge >= 0.3 is 0 Å². The molecule has 2 aromatic carbocycles. The molecule has 0 amide bonds. The van der Waals surface area contributed by atoms with Gasteiger partial charge in [-0.05, 0) is 74.4 Å². The van der Waals surface area contributed by atoms with Gasteiger partial charge in [-0.1, -0.05) is 37.3 Å². The van der Waals surface area contributed by atoms with E-state index in [4.69, 9.17) is 0 Å². The molecular formula is C17H19Br2N. The van der Waals surface area contributed by atoms with Crippen molar-refractivity contribution in [3.05, 3.63) is 62.5 Å². The van der Waals surface area contributed by atoms with E-state index in [1.54, 1.807) is 0 Å². The summed E-state index contributed by atoms with van der Waals surface area (Å²) in [6.45, 7) is 5.32. The van der Waals surface area contributed by atoms with Crippen LogP contribution in [0.5, 0.6) is 0 Å². The zero-order valence-electron chi connectivity index (χ0n) is 11.8. The summed E-state index contributed by atoms with van der Waals surface area (Å²) in [7, 11) is 0. The summed E-state index contributed by atoms with van der Waals surface area (Å²) in [5.41, 5.74) is 3.78. The molecule has 0 aliphatic rings. The summed E-state index contributed by atoms with van der Waals surface area (Å²) >= 11 is 7.24. The lowest BCUT2D eigenvalue weighted by Crippen LogP contribution is -2.07. The van der Waals surface area contributed by atoms with Crippen molar-refractivity contribution in [3.8, 4) is 0 Å². The molecule has 0 aliphatic carbocycles. The van der Waals surface area contributed by atoms with Gasteiger partial charge in [0.05, 0.1) is 5.69 Å². The van der Waals surface area contributed by atoms with Gasteiger partial charge in [-0.2, -0.15) is 0 Å². The molecule has 0 fully saturated rings. The molecule has 0 radical (unpaired) electrons. The number of anilines is 1. The fourth-order valence-electron chi connectivity index (χ4n) is 2.23. The quantitative estimate of drug-likeness (QED) is 0.641. The van der Waals surface area contributed by atoms with Crippen LogP contribution in [0.1, 0.15) is 30.4 Å². The van der Waals surface area contributed by atoms with Crippen molar-refractivity contribution in [1.82, 2.24) is 0 Å². The van der Waals surface area contributed by atoms with Crippen LogP contribution in [0.25, 0.3) is 0 Å². The highest BCUT2D eigenvalue weighted by Crippen LogP contribution is 2.32. The Balaban J connectivity index is 1.94. The number of hydrogen-bond acceptors (Lipinski definition) is 1. The SMILES string of the molecule is Cc1cc(Br)c(NCCC(C)c2ccccc2)c(Br)c1. The van der Waals surface area contributed by atoms with Gasteiger partial charge in [0.15, 0.2) is 0 Å². The van der Waals surface area contributed by atoms with Gasteiger partial charge in [-0.25, -0.2) is 0 Å². The predicted octanol–water partition coefficient (Wildman–Crippen LogP) is 6.13. The monoisotopic (exact) mass is 395 g/mol. The first-order valence-corrected chi connectivity index (χ1v) is 8.41. The van der Waals surface area contributed by atoms with Gasteiger partial charge < -0.3 is 5.32 Å². The highest BCUT2D eigenvalue weighted by molar-refractivity contribution is 9.11. The Hall–Kier alpha value is -0.800. The van der Waals surface area contributed by atoms with Crippen LogP contribution in [0, 0.1) is 6.92 Å². The van der Waals surface area contributed by atoms with Gasteiger partial charge in [-0.3, -0.25) is 0 Å². The Morgan fingerprint density at radius 1 is 1.05 bits per heavy atom. The van der Waals surface area contributed by atoms with Crippen LogP contribution in [0.2, 0.25) is 0 Å². The summed E-state index contributed by atoms with van der Waals surface area (Å²) in [5, 5.41) is 3.52. The molecule has 1 atom stereocenters. The fourth-order valence-corrected chi connectivity index (χ4v) is 3.93. The minimum atomic E-state index is 0.562. The first-order valence-electron chi connectivity index (χ1n) is 6.82. The molecule has 0 bridgehead atoms. The minimum absolute atomic E-state index is 0.562. The van der Waals surface area contributed by atoms with Crippen molar-refractivity contribution >= 4 is 37.5 Å². The second-order valence-electron chi connectivity index (χ2n) is 5.13. The maximum Gasteiger partial charge on any atom is 0.0629 e. The van der Waals surface area contributed by atoms with Crippen LogP contribution in [0.4, 0.5) is 5.69 Å². The summed E-state index contributed by atoms with van der Waals surface area (Å²) < 4.78 is 2.22. The number of aryl methyl sites for hydroxylation is 1. The molecule has 2 aromatic rings. The molecule has 106 valence electrons. The number of hydrogen-bond donors (Lipinski definition) is 1. The standard InChI is InChI=1S/C17H19Br2N/c1-12-10-15(18)17(16(19)11-12)20-9-8-13(2)14-6-4-3-5-7-14/h3-7,10-11,13,20H,8-9H2,1-2H3. The van der Waals surface area contributed by atoms with Crippen LogP contribution in [0.15, 0.2) is 51.4 Å². The third kappa shape index (κ3) is 4.10. The largest absolute Gasteiger partial charge is 0.383 e. The van der Waals surface area contributed by atoms with E-state index >= 15 is 0 Å². The molecule has 0 aromatic heterocycles. The Morgan fingerprint density at radius 3 is 2.25 bits per heavy atom. The summed E-state index contributed by atoms with van der Waals surface area (Å²) in [6.07, 6.45) is 1.11. The number of nitrogens with one attached hydrogen (secondary N) is 1. The Morgan fingerprint density at radius 2 is 1.65 bits per heavy atom. The number of benzene rings is 2. The molecule has 1 N–H and O–H groups in total. The Bertz CT molecular complexity index is 543. The van der Waals surface area contributed by atoms with E-state index in [1.807, 2.05) is 0 Å². The molecule has 1 unspecified atom stereocenters. The molecule has 0 saturated carbocycles. The Labute approximate surface area is 138 Å². The highest BCUT2D eigenvalue weighted by Gasteiger charge is 2.08. The van der Waals surface area contributed by atoms with E-state index in [0.29, 0.717) is 5.92 Å². The molecule has 0 spiro atoms. The summed E-state index contributed by atoms with van der Waals surface area (Å²) in [5.74, 6) is 0.562. The van der Waals surface area contributed by atoms with Crippen LogP contribution in [-0.2, 0) is 0 Å². The van der Waals surface area contributed by atoms with Crippen LogP contribution >= 0.6 is 31.9 Å². The second kappa shape index (κ2) is 7.28. The first-order chi connectivity index (χ1) is 9.58. The molecule has 0 aliphatic heterocycles. The van der Waals surface area contributed by atoms with Crippen LogP contribution < -0.4 is 5.32 Å². The predicted molar refractivity (Wildman–Crippen MR) is 94.5 cm³/mol. The van der Waals surface area contributed by atoms with E-state index < -0.39 is 0 Å². The third-order valence-electron chi connectivity index (χ3n) is 3.43. The maximum atomic E-state index is 3.62. The van der Waals surface area contributed by atoms with Crippen LogP contribution in [-0.4, -0.2) is 6.54 Å². The van der Waals surface area contributed by atoms with Crippen molar-refractivity contribution in [3.63, 3.8) is 0 Å². The first kappa shape index (κ1) is 15.6. The fraction of sp³-hybridized carbons (Fsp3) is 0.294. The van der Waals surface area contributed by atoms with E-state index in [2.05, 4.69) is 93.5 Å². The average Bonchev–Trinajstić information content (AvgIpc) is 2.42. The topological polar surface area (TPSA) is 12.0 Å². The molecule has 3 heteroatoms.